The van der Waals surface area contributed by atoms with E-state index in [2.05, 4.69) is 333 Å². The molecule has 2 aliphatic heterocycles. The lowest BCUT2D eigenvalue weighted by Gasteiger charge is -2.44. The molecular weight excluding hydrogens is 1150 g/mol. The van der Waals surface area contributed by atoms with E-state index in [-0.39, 0.29) is 32.5 Å². The van der Waals surface area contributed by atoms with Crippen LogP contribution in [-0.2, 0) is 37.9 Å². The van der Waals surface area contributed by atoms with Crippen molar-refractivity contribution in [2.24, 2.45) is 0 Å². The van der Waals surface area contributed by atoms with Crippen LogP contribution in [0.25, 0.3) is 66.3 Å². The van der Waals surface area contributed by atoms with E-state index < -0.39 is 12.3 Å². The lowest BCUT2D eigenvalue weighted by Crippen LogP contribution is -2.61. The zero-order valence-electron chi connectivity index (χ0n) is 59.1. The van der Waals surface area contributed by atoms with Crippen molar-refractivity contribution in [1.29, 1.82) is 0 Å². The summed E-state index contributed by atoms with van der Waals surface area (Å²) in [6.45, 7) is 41.9. The van der Waals surface area contributed by atoms with E-state index >= 15 is 0 Å². The van der Waals surface area contributed by atoms with Crippen LogP contribution >= 0.6 is 0 Å². The summed E-state index contributed by atoms with van der Waals surface area (Å²) >= 11 is 0. The third-order valence-corrected chi connectivity index (χ3v) is 22.3. The number of anilines is 8. The molecule has 0 unspecified atom stereocenters. The molecule has 4 heterocycles. The zero-order valence-corrected chi connectivity index (χ0v) is 59.1. The first-order chi connectivity index (χ1) is 44.9. The molecule has 2 aliphatic carbocycles. The normalized spacial score (nSPS) is 16.0. The van der Waals surface area contributed by atoms with Crippen molar-refractivity contribution in [2.75, 3.05) is 14.6 Å². The highest BCUT2D eigenvalue weighted by molar-refractivity contribution is 6.93. The lowest BCUT2D eigenvalue weighted by molar-refractivity contribution is 0.332. The summed E-state index contributed by atoms with van der Waals surface area (Å²) in [7, 11) is 0. The van der Waals surface area contributed by atoms with Crippen LogP contribution in [-0.4, -0.2) is 6.85 Å². The van der Waals surface area contributed by atoms with Gasteiger partial charge in [-0.1, -0.05) is 222 Å². The van der Waals surface area contributed by atoms with Crippen molar-refractivity contribution in [3.8, 4) is 33.4 Å². The summed E-state index contributed by atoms with van der Waals surface area (Å²) in [5.41, 5.74) is 30.7. The predicted octanol–water partition coefficient (Wildman–Crippen LogP) is 24.0. The minimum Gasteiger partial charge on any atom is -0.466 e. The first-order valence-electron chi connectivity index (χ1n) is 34.7. The van der Waals surface area contributed by atoms with Crippen molar-refractivity contribution < 1.29 is 8.83 Å². The van der Waals surface area contributed by atoms with Gasteiger partial charge in [-0.15, -0.1) is 0 Å². The molecule has 4 aliphatic rings. The van der Waals surface area contributed by atoms with Crippen molar-refractivity contribution >= 4 is 96.4 Å². The Morgan fingerprint density at radius 1 is 0.389 bits per heavy atom. The second-order valence-electron chi connectivity index (χ2n) is 34.1. The molecule has 0 bridgehead atoms. The number of furan rings is 2. The second kappa shape index (κ2) is 20.5. The molecule has 0 saturated carbocycles. The van der Waals surface area contributed by atoms with Gasteiger partial charge in [0.05, 0.1) is 17.1 Å². The van der Waals surface area contributed by atoms with E-state index in [4.69, 9.17) is 8.83 Å². The largest absolute Gasteiger partial charge is 0.466 e. The van der Waals surface area contributed by atoms with Crippen LogP contribution < -0.4 is 25.7 Å². The number of benzene rings is 10. The van der Waals surface area contributed by atoms with E-state index in [1.807, 2.05) is 0 Å². The van der Waals surface area contributed by atoms with E-state index in [1.54, 1.807) is 0 Å². The summed E-state index contributed by atoms with van der Waals surface area (Å²) in [4.78, 5) is 7.71. The average molecular weight is 1240 g/mol. The quantitative estimate of drug-likeness (QED) is 0.155. The maximum atomic E-state index is 7.98. The molecule has 0 N–H and O–H groups in total. The molecule has 0 spiro atoms. The molecular formula is C89H90BN3O2. The molecule has 0 atom stereocenters. The zero-order chi connectivity index (χ0) is 66.6. The van der Waals surface area contributed by atoms with E-state index in [0.29, 0.717) is 0 Å². The number of nitrogens with zero attached hydrogens (tertiary/aromatic N) is 3. The Morgan fingerprint density at radius 3 is 1.55 bits per heavy atom. The van der Waals surface area contributed by atoms with Crippen LogP contribution in [0, 0.1) is 0 Å². The van der Waals surface area contributed by atoms with Crippen LogP contribution in [0.4, 0.5) is 45.5 Å². The van der Waals surface area contributed by atoms with Crippen LogP contribution in [0.3, 0.4) is 0 Å². The number of hydrogen-bond acceptors (Lipinski definition) is 5. The van der Waals surface area contributed by atoms with Crippen LogP contribution in [0.5, 0.6) is 0 Å². The number of para-hydroxylation sites is 1. The van der Waals surface area contributed by atoms with Gasteiger partial charge in [-0.05, 0) is 215 Å². The fourth-order valence-electron chi connectivity index (χ4n) is 16.5. The standard InChI is InChI=1S/C89H90BN3O2/c1-83(2,3)54-28-35-58(36-29-54)91(59-37-30-55(31-38-59)84(4,5)6)61-41-42-62-65-48-66-67-49-68-63-26-22-23-27-76(63)94-81(68)80-78(67)90(93(60-39-32-56(33-40-60)85(7,8)9)75(66)51-71(65)89(17,18)70(62)47-61)82-79(69-50-72-73(52-77(69)95-82)88(15,16)45-44-87(72,13)14)92(80)74-43-34-57(86(10,11)12)46-64(74)53-24-20-19-21-25-53/h19-43,46-52H,44-45H2,1-18H3. The topological polar surface area (TPSA) is 36.0 Å². The fraction of sp³-hybridized carbons (Fsp3) is 0.303. The molecule has 0 amide bonds. The monoisotopic (exact) mass is 1240 g/mol. The van der Waals surface area contributed by atoms with Gasteiger partial charge < -0.3 is 23.4 Å². The minimum atomic E-state index is -0.421. The van der Waals surface area contributed by atoms with Crippen LogP contribution in [0.15, 0.2) is 203 Å². The van der Waals surface area contributed by atoms with Gasteiger partial charge in [0, 0.05) is 61.1 Å². The van der Waals surface area contributed by atoms with E-state index in [9.17, 15) is 0 Å². The van der Waals surface area contributed by atoms with Crippen molar-refractivity contribution in [2.45, 2.75) is 175 Å². The molecule has 476 valence electrons. The molecule has 0 saturated heterocycles. The molecule has 0 radical (unpaired) electrons. The van der Waals surface area contributed by atoms with E-state index in [1.165, 1.54) is 72.2 Å². The smallest absolute Gasteiger partial charge is 0.376 e. The first-order valence-corrected chi connectivity index (χ1v) is 34.7. The summed E-state index contributed by atoms with van der Waals surface area (Å²) in [6.07, 6.45) is 2.20. The van der Waals surface area contributed by atoms with Gasteiger partial charge in [-0.3, -0.25) is 0 Å². The summed E-state index contributed by atoms with van der Waals surface area (Å²) in [6, 6.07) is 74.8. The van der Waals surface area contributed by atoms with Gasteiger partial charge in [0.15, 0.2) is 5.58 Å². The molecule has 0 fully saturated rings. The van der Waals surface area contributed by atoms with Crippen molar-refractivity contribution in [1.82, 2.24) is 0 Å². The highest BCUT2D eigenvalue weighted by atomic mass is 16.3. The Hall–Kier alpha value is -9.00. The number of rotatable bonds is 6. The van der Waals surface area contributed by atoms with Gasteiger partial charge in [0.2, 0.25) is 0 Å². The molecule has 12 aromatic rings. The van der Waals surface area contributed by atoms with Gasteiger partial charge in [-0.25, -0.2) is 0 Å². The van der Waals surface area contributed by atoms with E-state index in [0.717, 1.165) is 108 Å². The van der Waals surface area contributed by atoms with Crippen molar-refractivity contribution in [3.63, 3.8) is 0 Å². The van der Waals surface area contributed by atoms with Crippen molar-refractivity contribution in [3.05, 3.63) is 239 Å². The average Bonchev–Trinajstić information content (AvgIpc) is 1.63. The molecule has 10 aromatic carbocycles. The second-order valence-corrected chi connectivity index (χ2v) is 34.1. The Bertz CT molecular complexity index is 5070. The highest BCUT2D eigenvalue weighted by Crippen LogP contribution is 2.59. The summed E-state index contributed by atoms with van der Waals surface area (Å²) in [5.74, 6) is 0. The Morgan fingerprint density at radius 2 is 0.937 bits per heavy atom. The summed E-state index contributed by atoms with van der Waals surface area (Å²) < 4.78 is 15.5. The number of fused-ring (bicyclic) bond motifs is 14. The molecule has 5 nitrogen and oxygen atoms in total. The maximum Gasteiger partial charge on any atom is 0.376 e. The third-order valence-electron chi connectivity index (χ3n) is 22.3. The molecule has 2 aromatic heterocycles. The van der Waals surface area contributed by atoms with Crippen LogP contribution in [0.1, 0.15) is 182 Å². The Labute approximate surface area is 563 Å². The summed E-state index contributed by atoms with van der Waals surface area (Å²) in [5, 5.41) is 3.30. The highest BCUT2D eigenvalue weighted by Gasteiger charge is 2.52. The Balaban J connectivity index is 1.01. The van der Waals surface area contributed by atoms with Gasteiger partial charge in [0.25, 0.3) is 0 Å². The molecule has 6 heteroatoms. The minimum absolute atomic E-state index is 0.0241. The van der Waals surface area contributed by atoms with Gasteiger partial charge in [-0.2, -0.15) is 0 Å². The lowest BCUT2D eigenvalue weighted by atomic mass is 9.45. The SMILES string of the molecule is CC(C)(C)c1ccc(N2B3c4oc5cc6c(cc5c4N(c4ccc(C(C)(C)C)cc4-c4ccccc4)c4c3c(cc3c4oc4ccccc43)-c3cc4c(cc32)C(C)(C)c2cc(N(c3ccc(C(C)(C)C)cc3)c3ccc(C(C)(C)C)cc3)ccc2-4)C(C)(C)CCC6(C)C)cc1. The van der Waals surface area contributed by atoms with Gasteiger partial charge >= 0.3 is 6.85 Å². The molecule has 95 heavy (non-hydrogen) atoms. The van der Waals surface area contributed by atoms with Crippen LogP contribution in [0.2, 0.25) is 0 Å². The van der Waals surface area contributed by atoms with Gasteiger partial charge in [0.1, 0.15) is 16.8 Å². The molecule has 16 rings (SSSR count). The maximum absolute atomic E-state index is 7.98. The predicted molar refractivity (Wildman–Crippen MR) is 405 cm³/mol. The fourth-order valence-corrected chi connectivity index (χ4v) is 16.5. The third kappa shape index (κ3) is 9.45. The number of hydrogen-bond donors (Lipinski definition) is 0. The first kappa shape index (κ1) is 60.9. The Kier molecular flexibility index (Phi) is 13.2.